The lowest BCUT2D eigenvalue weighted by Gasteiger charge is -2.23. The number of hydrogen-bond acceptors (Lipinski definition) is 3. The van der Waals surface area contributed by atoms with Crippen LogP contribution in [0.1, 0.15) is 13.8 Å². The molecule has 0 spiro atoms. The van der Waals surface area contributed by atoms with Gasteiger partial charge in [-0.25, -0.2) is 0 Å². The molecule has 0 aromatic heterocycles. The molecule has 1 aliphatic rings. The highest BCUT2D eigenvalue weighted by atomic mass is 16.5. The summed E-state index contributed by atoms with van der Waals surface area (Å²) in [6.07, 6.45) is 0. The van der Waals surface area contributed by atoms with Crippen LogP contribution < -0.4 is 15.0 Å². The molecule has 17 heavy (non-hydrogen) atoms. The number of fused-ring (bicyclic) bond motifs is 1. The van der Waals surface area contributed by atoms with Crippen molar-refractivity contribution in [3.8, 4) is 5.75 Å². The molecule has 1 aromatic carbocycles. The molecule has 0 radical (unpaired) electrons. The number of ether oxygens (including phenoxy) is 1. The van der Waals surface area contributed by atoms with Crippen LogP contribution in [0.4, 0.5) is 11.4 Å². The van der Waals surface area contributed by atoms with E-state index in [0.29, 0.717) is 0 Å². The number of nitrogens with zero attached hydrogens (tertiary/aromatic N) is 1. The number of anilines is 2. The topological polar surface area (TPSA) is 41.6 Å². The van der Waals surface area contributed by atoms with E-state index in [2.05, 4.69) is 17.1 Å². The predicted molar refractivity (Wildman–Crippen MR) is 68.7 cm³/mol. The van der Waals surface area contributed by atoms with Crippen molar-refractivity contribution >= 4 is 17.3 Å². The minimum absolute atomic E-state index is 0.00616. The number of methoxy groups -OCH3 is 1. The van der Waals surface area contributed by atoms with Gasteiger partial charge in [-0.1, -0.05) is 6.92 Å². The number of hydrogen-bond donors (Lipinski definition) is 1. The fraction of sp³-hybridized carbons (Fsp3) is 0.462. The summed E-state index contributed by atoms with van der Waals surface area (Å²) in [5.41, 5.74) is 1.89. The van der Waals surface area contributed by atoms with Crippen molar-refractivity contribution in [3.05, 3.63) is 18.2 Å². The zero-order valence-corrected chi connectivity index (χ0v) is 10.5. The van der Waals surface area contributed by atoms with Gasteiger partial charge >= 0.3 is 0 Å². The molecule has 4 heteroatoms. The SMILES string of the molecule is CCN1CC(C)C(=O)Nc2cc(OC)ccc21. The number of carbonyl (C=O) groups excluding carboxylic acids is 1. The fourth-order valence-electron chi connectivity index (χ4n) is 2.09. The first-order chi connectivity index (χ1) is 8.15. The second kappa shape index (κ2) is 4.65. The molecular formula is C13H18N2O2. The maximum atomic E-state index is 11.9. The second-order valence-electron chi connectivity index (χ2n) is 4.31. The molecular weight excluding hydrogens is 216 g/mol. The summed E-state index contributed by atoms with van der Waals surface area (Å²) in [4.78, 5) is 14.1. The lowest BCUT2D eigenvalue weighted by Crippen LogP contribution is -2.30. The maximum absolute atomic E-state index is 11.9. The smallest absolute Gasteiger partial charge is 0.229 e. The third-order valence-electron chi connectivity index (χ3n) is 3.13. The van der Waals surface area contributed by atoms with Gasteiger partial charge < -0.3 is 15.0 Å². The van der Waals surface area contributed by atoms with Crippen LogP contribution in [-0.4, -0.2) is 26.1 Å². The summed E-state index contributed by atoms with van der Waals surface area (Å²) in [5, 5.41) is 2.95. The Morgan fingerprint density at radius 1 is 1.53 bits per heavy atom. The van der Waals surface area contributed by atoms with E-state index in [1.54, 1.807) is 7.11 Å². The Morgan fingerprint density at radius 2 is 2.29 bits per heavy atom. The van der Waals surface area contributed by atoms with E-state index in [-0.39, 0.29) is 11.8 Å². The van der Waals surface area contributed by atoms with Crippen LogP contribution in [0.25, 0.3) is 0 Å². The van der Waals surface area contributed by atoms with Crippen molar-refractivity contribution in [1.29, 1.82) is 0 Å². The predicted octanol–water partition coefficient (Wildman–Crippen LogP) is 2.11. The van der Waals surface area contributed by atoms with E-state index >= 15 is 0 Å². The first kappa shape index (κ1) is 11.8. The van der Waals surface area contributed by atoms with Crippen LogP contribution in [-0.2, 0) is 4.79 Å². The minimum atomic E-state index is -0.00616. The molecule has 1 atom stereocenters. The Morgan fingerprint density at radius 3 is 2.94 bits per heavy atom. The highest BCUT2D eigenvalue weighted by Crippen LogP contribution is 2.33. The van der Waals surface area contributed by atoms with Crippen molar-refractivity contribution in [2.24, 2.45) is 5.92 Å². The first-order valence-electron chi connectivity index (χ1n) is 5.89. The quantitative estimate of drug-likeness (QED) is 0.852. The third kappa shape index (κ3) is 2.20. The van der Waals surface area contributed by atoms with Gasteiger partial charge in [-0.3, -0.25) is 4.79 Å². The molecule has 0 saturated heterocycles. The number of amides is 1. The highest BCUT2D eigenvalue weighted by Gasteiger charge is 2.24. The average Bonchev–Trinajstić information content (AvgIpc) is 2.46. The van der Waals surface area contributed by atoms with Crippen molar-refractivity contribution in [2.45, 2.75) is 13.8 Å². The van der Waals surface area contributed by atoms with E-state index in [9.17, 15) is 4.79 Å². The van der Waals surface area contributed by atoms with Gasteiger partial charge in [-0.15, -0.1) is 0 Å². The van der Waals surface area contributed by atoms with E-state index in [4.69, 9.17) is 4.74 Å². The Kier molecular flexibility index (Phi) is 3.22. The normalized spacial score (nSPS) is 19.4. The van der Waals surface area contributed by atoms with Crippen LogP contribution in [0.2, 0.25) is 0 Å². The number of nitrogens with one attached hydrogen (secondary N) is 1. The Hall–Kier alpha value is -1.71. The summed E-state index contributed by atoms with van der Waals surface area (Å²) in [5.74, 6) is 0.818. The van der Waals surface area contributed by atoms with Gasteiger partial charge in [0.1, 0.15) is 5.75 Å². The summed E-state index contributed by atoms with van der Waals surface area (Å²) < 4.78 is 5.18. The van der Waals surface area contributed by atoms with Crippen LogP contribution in [0.5, 0.6) is 5.75 Å². The largest absolute Gasteiger partial charge is 0.497 e. The summed E-state index contributed by atoms with van der Waals surface area (Å²) in [7, 11) is 1.63. The molecule has 1 unspecified atom stereocenters. The molecule has 0 aliphatic carbocycles. The molecule has 1 heterocycles. The van der Waals surface area contributed by atoms with Crippen molar-refractivity contribution in [2.75, 3.05) is 30.4 Å². The van der Waals surface area contributed by atoms with Crippen molar-refractivity contribution < 1.29 is 9.53 Å². The Bertz CT molecular complexity index is 431. The Labute approximate surface area is 102 Å². The monoisotopic (exact) mass is 234 g/mol. The molecule has 1 N–H and O–H groups in total. The molecule has 0 saturated carbocycles. The third-order valence-corrected chi connectivity index (χ3v) is 3.13. The molecule has 1 aliphatic heterocycles. The van der Waals surface area contributed by atoms with Gasteiger partial charge in [0, 0.05) is 19.2 Å². The van der Waals surface area contributed by atoms with Gasteiger partial charge in [0.25, 0.3) is 0 Å². The minimum Gasteiger partial charge on any atom is -0.497 e. The van der Waals surface area contributed by atoms with Crippen molar-refractivity contribution in [1.82, 2.24) is 0 Å². The van der Waals surface area contributed by atoms with E-state index in [0.717, 1.165) is 30.2 Å². The van der Waals surface area contributed by atoms with E-state index < -0.39 is 0 Å². The molecule has 2 rings (SSSR count). The zero-order valence-electron chi connectivity index (χ0n) is 10.5. The van der Waals surface area contributed by atoms with Gasteiger partial charge in [-0.2, -0.15) is 0 Å². The zero-order chi connectivity index (χ0) is 12.4. The fourth-order valence-corrected chi connectivity index (χ4v) is 2.09. The van der Waals surface area contributed by atoms with Crippen LogP contribution in [0.15, 0.2) is 18.2 Å². The lowest BCUT2D eigenvalue weighted by molar-refractivity contribution is -0.119. The van der Waals surface area contributed by atoms with Gasteiger partial charge in [0.2, 0.25) is 5.91 Å². The van der Waals surface area contributed by atoms with Crippen LogP contribution in [0.3, 0.4) is 0 Å². The molecule has 0 bridgehead atoms. The molecule has 1 aromatic rings. The van der Waals surface area contributed by atoms with E-state index in [1.165, 1.54) is 0 Å². The van der Waals surface area contributed by atoms with E-state index in [1.807, 2.05) is 25.1 Å². The first-order valence-corrected chi connectivity index (χ1v) is 5.89. The summed E-state index contributed by atoms with van der Waals surface area (Å²) >= 11 is 0. The lowest BCUT2D eigenvalue weighted by atomic mass is 10.1. The van der Waals surface area contributed by atoms with Crippen LogP contribution >= 0.6 is 0 Å². The maximum Gasteiger partial charge on any atom is 0.229 e. The molecule has 0 fully saturated rings. The Balaban J connectivity index is 2.44. The van der Waals surface area contributed by atoms with Gasteiger partial charge in [0.05, 0.1) is 24.4 Å². The summed E-state index contributed by atoms with van der Waals surface area (Å²) in [6, 6.07) is 5.79. The van der Waals surface area contributed by atoms with Gasteiger partial charge in [-0.05, 0) is 19.1 Å². The highest BCUT2D eigenvalue weighted by molar-refractivity contribution is 5.97. The number of rotatable bonds is 2. The average molecular weight is 234 g/mol. The van der Waals surface area contributed by atoms with Crippen LogP contribution in [0, 0.1) is 5.92 Å². The van der Waals surface area contributed by atoms with Gasteiger partial charge in [0.15, 0.2) is 0 Å². The molecule has 92 valence electrons. The standard InChI is InChI=1S/C13H18N2O2/c1-4-15-8-9(2)13(16)14-11-7-10(17-3)5-6-12(11)15/h5-7,9H,4,8H2,1-3H3,(H,14,16). The molecule has 1 amide bonds. The molecule has 4 nitrogen and oxygen atoms in total. The number of carbonyl (C=O) groups is 1. The van der Waals surface area contributed by atoms with Crippen molar-refractivity contribution in [3.63, 3.8) is 0 Å². The second-order valence-corrected chi connectivity index (χ2v) is 4.31. The number of benzene rings is 1. The summed E-state index contributed by atoms with van der Waals surface area (Å²) in [6.45, 7) is 5.68.